The van der Waals surface area contributed by atoms with Crippen LogP contribution in [0.2, 0.25) is 0 Å². The Morgan fingerprint density at radius 1 is 1.33 bits per heavy atom. The number of hydrogen-bond acceptors (Lipinski definition) is 4. The Hall–Kier alpha value is -1.39. The average molecular weight is 249 g/mol. The molecule has 1 fully saturated rings. The maximum atomic E-state index is 11.8. The highest BCUT2D eigenvalue weighted by atomic mass is 16.6. The first-order valence-corrected chi connectivity index (χ1v) is 6.29. The third-order valence-corrected chi connectivity index (χ3v) is 3.29. The number of hydrogen-bond donors (Lipinski definition) is 1. The van der Waals surface area contributed by atoms with Crippen molar-refractivity contribution < 1.29 is 14.6 Å². The van der Waals surface area contributed by atoms with Crippen LogP contribution in [0, 0.1) is 0 Å². The number of likely N-dealkylation sites (tertiary alicyclic amines) is 1. The second-order valence-corrected chi connectivity index (χ2v) is 4.75. The fourth-order valence-corrected chi connectivity index (χ4v) is 2.10. The molecular formula is C14H19NO3. The van der Waals surface area contributed by atoms with Gasteiger partial charge in [0, 0.05) is 13.1 Å². The first-order valence-electron chi connectivity index (χ1n) is 6.29. The molecular weight excluding hydrogens is 230 g/mol. The lowest BCUT2D eigenvalue weighted by Gasteiger charge is -2.29. The molecule has 0 saturated carbocycles. The van der Waals surface area contributed by atoms with Gasteiger partial charge >= 0.3 is 5.97 Å². The number of benzene rings is 1. The van der Waals surface area contributed by atoms with Crippen LogP contribution in [0.4, 0.5) is 0 Å². The van der Waals surface area contributed by atoms with E-state index in [0.29, 0.717) is 5.56 Å². The molecule has 4 nitrogen and oxygen atoms in total. The van der Waals surface area contributed by atoms with Crippen LogP contribution in [0.15, 0.2) is 30.3 Å². The van der Waals surface area contributed by atoms with Gasteiger partial charge in [-0.1, -0.05) is 30.3 Å². The van der Waals surface area contributed by atoms with E-state index in [4.69, 9.17) is 4.74 Å². The molecule has 1 N–H and O–H groups in total. The molecule has 0 aromatic heterocycles. The summed E-state index contributed by atoms with van der Waals surface area (Å²) in [5.74, 6) is -0.546. The molecule has 0 aliphatic carbocycles. The van der Waals surface area contributed by atoms with Gasteiger partial charge in [0.05, 0.1) is 0 Å². The molecule has 0 spiro atoms. The molecule has 4 heteroatoms. The van der Waals surface area contributed by atoms with Crippen molar-refractivity contribution in [1.29, 1.82) is 0 Å². The lowest BCUT2D eigenvalue weighted by Crippen LogP contribution is -2.36. The molecule has 1 aliphatic rings. The van der Waals surface area contributed by atoms with Gasteiger partial charge in [0.25, 0.3) is 0 Å². The quantitative estimate of drug-likeness (QED) is 0.822. The number of ether oxygens (including phenoxy) is 1. The molecule has 1 aromatic carbocycles. The molecule has 1 atom stereocenters. The van der Waals surface area contributed by atoms with Gasteiger partial charge in [-0.25, -0.2) is 4.79 Å². The van der Waals surface area contributed by atoms with Crippen LogP contribution in [-0.2, 0) is 9.53 Å². The largest absolute Gasteiger partial charge is 0.460 e. The smallest absolute Gasteiger partial charge is 0.339 e. The molecule has 1 aliphatic heterocycles. The minimum Gasteiger partial charge on any atom is -0.460 e. The fourth-order valence-electron chi connectivity index (χ4n) is 2.10. The Bertz CT molecular complexity index is 385. The van der Waals surface area contributed by atoms with E-state index < -0.39 is 12.1 Å². The standard InChI is InChI=1S/C14H19NO3/c1-15-9-7-12(8-10-15)18-14(17)13(16)11-5-3-2-4-6-11/h2-6,12-13,16H,7-10H2,1H3. The number of esters is 1. The number of nitrogens with zero attached hydrogens (tertiary/aromatic N) is 1. The average Bonchev–Trinajstić information content (AvgIpc) is 2.41. The fraction of sp³-hybridized carbons (Fsp3) is 0.500. The van der Waals surface area contributed by atoms with E-state index in [2.05, 4.69) is 11.9 Å². The summed E-state index contributed by atoms with van der Waals surface area (Å²) < 4.78 is 5.34. The molecule has 98 valence electrons. The first kappa shape index (κ1) is 13.1. The first-order chi connectivity index (χ1) is 8.66. The molecule has 0 amide bonds. The second kappa shape index (κ2) is 5.98. The normalized spacial score (nSPS) is 19.4. The summed E-state index contributed by atoms with van der Waals surface area (Å²) in [5.41, 5.74) is 0.579. The summed E-state index contributed by atoms with van der Waals surface area (Å²) in [6.07, 6.45) is 0.436. The Morgan fingerprint density at radius 3 is 2.56 bits per heavy atom. The third kappa shape index (κ3) is 3.31. The Kier molecular flexibility index (Phi) is 4.33. The third-order valence-electron chi connectivity index (χ3n) is 3.29. The lowest BCUT2D eigenvalue weighted by atomic mass is 10.1. The molecule has 0 bridgehead atoms. The molecule has 1 unspecified atom stereocenters. The number of rotatable bonds is 3. The zero-order valence-electron chi connectivity index (χ0n) is 10.6. The van der Waals surface area contributed by atoms with Crippen molar-refractivity contribution in [2.24, 2.45) is 0 Å². The van der Waals surface area contributed by atoms with Gasteiger partial charge in [0.15, 0.2) is 6.10 Å². The van der Waals surface area contributed by atoms with E-state index in [1.165, 1.54) is 0 Å². The van der Waals surface area contributed by atoms with Gasteiger partial charge in [-0.05, 0) is 25.5 Å². The summed E-state index contributed by atoms with van der Waals surface area (Å²) in [6, 6.07) is 8.88. The number of aliphatic hydroxyl groups is 1. The maximum Gasteiger partial charge on any atom is 0.339 e. The van der Waals surface area contributed by atoms with Crippen LogP contribution in [0.1, 0.15) is 24.5 Å². The molecule has 0 radical (unpaired) electrons. The van der Waals surface area contributed by atoms with Crippen molar-refractivity contribution in [2.75, 3.05) is 20.1 Å². The number of carbonyl (C=O) groups is 1. The van der Waals surface area contributed by atoms with Gasteiger partial charge in [-0.2, -0.15) is 0 Å². The summed E-state index contributed by atoms with van der Waals surface area (Å²) in [5, 5.41) is 9.89. The van der Waals surface area contributed by atoms with Gasteiger partial charge in [0.1, 0.15) is 6.10 Å². The Balaban J connectivity index is 1.88. The van der Waals surface area contributed by atoms with Crippen LogP contribution >= 0.6 is 0 Å². The van der Waals surface area contributed by atoms with Gasteiger partial charge in [0.2, 0.25) is 0 Å². The second-order valence-electron chi connectivity index (χ2n) is 4.75. The summed E-state index contributed by atoms with van der Waals surface area (Å²) in [6.45, 7) is 1.86. The van der Waals surface area contributed by atoms with E-state index in [1.54, 1.807) is 24.3 Å². The number of carbonyl (C=O) groups excluding carboxylic acids is 1. The zero-order chi connectivity index (χ0) is 13.0. The lowest BCUT2D eigenvalue weighted by molar-refractivity contribution is -0.161. The molecule has 1 heterocycles. The minimum absolute atomic E-state index is 0.0629. The zero-order valence-corrected chi connectivity index (χ0v) is 10.6. The van der Waals surface area contributed by atoms with Crippen molar-refractivity contribution in [3.63, 3.8) is 0 Å². The molecule has 1 saturated heterocycles. The van der Waals surface area contributed by atoms with E-state index in [9.17, 15) is 9.90 Å². The van der Waals surface area contributed by atoms with Crippen LogP contribution in [0.3, 0.4) is 0 Å². The van der Waals surface area contributed by atoms with Crippen molar-refractivity contribution in [3.05, 3.63) is 35.9 Å². The van der Waals surface area contributed by atoms with Crippen molar-refractivity contribution >= 4 is 5.97 Å². The number of aliphatic hydroxyl groups excluding tert-OH is 1. The predicted octanol–water partition coefficient (Wildman–Crippen LogP) is 1.36. The predicted molar refractivity (Wildman–Crippen MR) is 68.0 cm³/mol. The minimum atomic E-state index is -1.18. The van der Waals surface area contributed by atoms with Crippen LogP contribution in [0.25, 0.3) is 0 Å². The van der Waals surface area contributed by atoms with Crippen LogP contribution < -0.4 is 0 Å². The summed E-state index contributed by atoms with van der Waals surface area (Å²) >= 11 is 0. The Labute approximate surface area is 107 Å². The topological polar surface area (TPSA) is 49.8 Å². The van der Waals surface area contributed by atoms with Crippen LogP contribution in [0.5, 0.6) is 0 Å². The van der Waals surface area contributed by atoms with E-state index >= 15 is 0 Å². The van der Waals surface area contributed by atoms with Gasteiger partial charge < -0.3 is 14.7 Å². The van der Waals surface area contributed by atoms with Gasteiger partial charge in [-0.3, -0.25) is 0 Å². The monoisotopic (exact) mass is 249 g/mol. The summed E-state index contributed by atoms with van der Waals surface area (Å²) in [7, 11) is 2.05. The maximum absolute atomic E-state index is 11.8. The molecule has 2 rings (SSSR count). The van der Waals surface area contributed by atoms with E-state index in [1.807, 2.05) is 6.07 Å². The van der Waals surface area contributed by atoms with Gasteiger partial charge in [-0.15, -0.1) is 0 Å². The van der Waals surface area contributed by atoms with Crippen molar-refractivity contribution in [1.82, 2.24) is 4.90 Å². The molecule has 1 aromatic rings. The highest BCUT2D eigenvalue weighted by Crippen LogP contribution is 2.18. The highest BCUT2D eigenvalue weighted by molar-refractivity contribution is 5.76. The SMILES string of the molecule is CN1CCC(OC(=O)C(O)c2ccccc2)CC1. The van der Waals surface area contributed by atoms with Crippen molar-refractivity contribution in [3.8, 4) is 0 Å². The van der Waals surface area contributed by atoms with Crippen LogP contribution in [-0.4, -0.2) is 42.2 Å². The Morgan fingerprint density at radius 2 is 1.94 bits per heavy atom. The van der Waals surface area contributed by atoms with E-state index in [0.717, 1.165) is 25.9 Å². The number of piperidine rings is 1. The molecule has 18 heavy (non-hydrogen) atoms. The highest BCUT2D eigenvalue weighted by Gasteiger charge is 2.25. The summed E-state index contributed by atoms with van der Waals surface area (Å²) in [4.78, 5) is 14.0. The van der Waals surface area contributed by atoms with Crippen molar-refractivity contribution in [2.45, 2.75) is 25.0 Å². The van der Waals surface area contributed by atoms with E-state index in [-0.39, 0.29) is 6.10 Å².